The molecule has 0 saturated heterocycles. The van der Waals surface area contributed by atoms with Crippen molar-refractivity contribution in [3.05, 3.63) is 95.1 Å². The molecule has 0 atom stereocenters. The summed E-state index contributed by atoms with van der Waals surface area (Å²) in [6.45, 7) is 6.39. The van der Waals surface area contributed by atoms with E-state index in [2.05, 4.69) is 16.8 Å². The van der Waals surface area contributed by atoms with Gasteiger partial charge in [-0.15, -0.1) is 0 Å². The highest BCUT2D eigenvalue weighted by Crippen LogP contribution is 2.30. The molecular formula is C21H18N4O. The fraction of sp³-hybridized carbons (Fsp3) is 0.0952. The lowest BCUT2D eigenvalue weighted by Crippen LogP contribution is -2.22. The third-order valence-electron chi connectivity index (χ3n) is 4.24. The predicted molar refractivity (Wildman–Crippen MR) is 103 cm³/mol. The monoisotopic (exact) mass is 342 g/mol. The Labute approximate surface area is 150 Å². The number of allylic oxidation sites excluding steroid dienone is 1. The van der Waals surface area contributed by atoms with Crippen LogP contribution in [0.15, 0.2) is 78.2 Å². The summed E-state index contributed by atoms with van der Waals surface area (Å²) in [4.78, 5) is 12.3. The van der Waals surface area contributed by atoms with Crippen molar-refractivity contribution in [2.75, 3.05) is 0 Å². The minimum Gasteiger partial charge on any atom is -0.268 e. The molecule has 0 spiro atoms. The fourth-order valence-electron chi connectivity index (χ4n) is 3.00. The molecule has 1 aromatic carbocycles. The van der Waals surface area contributed by atoms with E-state index in [1.54, 1.807) is 12.1 Å². The quantitative estimate of drug-likeness (QED) is 0.569. The van der Waals surface area contributed by atoms with Crippen LogP contribution in [-0.2, 0) is 6.54 Å². The van der Waals surface area contributed by atoms with Gasteiger partial charge >= 0.3 is 0 Å². The van der Waals surface area contributed by atoms with Gasteiger partial charge in [0.25, 0.3) is 5.56 Å². The molecule has 0 saturated carbocycles. The third kappa shape index (κ3) is 2.84. The summed E-state index contributed by atoms with van der Waals surface area (Å²) in [6.07, 6.45) is 1.89. The maximum Gasteiger partial charge on any atom is 0.267 e. The van der Waals surface area contributed by atoms with E-state index in [0.29, 0.717) is 12.2 Å². The second-order valence-corrected chi connectivity index (χ2v) is 6.23. The molecule has 0 radical (unpaired) electrons. The molecule has 5 nitrogen and oxygen atoms in total. The molecule has 5 heteroatoms. The van der Waals surface area contributed by atoms with Crippen LogP contribution in [-0.4, -0.2) is 19.4 Å². The Morgan fingerprint density at radius 3 is 2.54 bits per heavy atom. The Kier molecular flexibility index (Phi) is 3.97. The van der Waals surface area contributed by atoms with Crippen LogP contribution in [0.2, 0.25) is 0 Å². The molecule has 3 aromatic heterocycles. The van der Waals surface area contributed by atoms with Gasteiger partial charge in [0, 0.05) is 12.3 Å². The molecule has 0 amide bonds. The number of nitrogens with zero attached hydrogens (tertiary/aromatic N) is 4. The molecular weight excluding hydrogens is 324 g/mol. The summed E-state index contributed by atoms with van der Waals surface area (Å²) in [5, 5.41) is 9.23. The van der Waals surface area contributed by atoms with Crippen LogP contribution < -0.4 is 5.56 Å². The second kappa shape index (κ2) is 6.44. The first-order chi connectivity index (χ1) is 12.6. The summed E-state index contributed by atoms with van der Waals surface area (Å²) < 4.78 is 3.30. The molecule has 0 unspecified atom stereocenters. The Bertz CT molecular complexity index is 1160. The van der Waals surface area contributed by atoms with Crippen molar-refractivity contribution in [3.63, 3.8) is 0 Å². The molecule has 0 N–H and O–H groups in total. The van der Waals surface area contributed by atoms with Gasteiger partial charge in [0.15, 0.2) is 0 Å². The smallest absolute Gasteiger partial charge is 0.267 e. The Balaban J connectivity index is 1.88. The van der Waals surface area contributed by atoms with E-state index in [0.717, 1.165) is 27.9 Å². The normalized spacial score (nSPS) is 11.0. The zero-order valence-electron chi connectivity index (χ0n) is 14.5. The molecule has 0 aliphatic carbocycles. The minimum absolute atomic E-state index is 0.133. The summed E-state index contributed by atoms with van der Waals surface area (Å²) in [5.74, 6) is 0. The molecule has 0 aliphatic heterocycles. The number of rotatable bonds is 4. The maximum atomic E-state index is 12.3. The number of hydrogen-bond acceptors (Lipinski definition) is 3. The highest BCUT2D eigenvalue weighted by atomic mass is 16.1. The standard InChI is InChI=1S/C21H18N4O/c1-15(2)21-20(18-10-6-7-13-24(18)23-21)17-11-12-19(26)25(22-17)14-16-8-4-3-5-9-16/h3-13H,1,14H2,2H3. The fourth-order valence-corrected chi connectivity index (χ4v) is 3.00. The van der Waals surface area contributed by atoms with Crippen LogP contribution >= 0.6 is 0 Å². The third-order valence-corrected chi connectivity index (χ3v) is 4.24. The van der Waals surface area contributed by atoms with E-state index in [9.17, 15) is 4.79 Å². The van der Waals surface area contributed by atoms with Crippen LogP contribution in [0.4, 0.5) is 0 Å². The molecule has 3 heterocycles. The van der Waals surface area contributed by atoms with Gasteiger partial charge in [-0.3, -0.25) is 4.79 Å². The summed E-state index contributed by atoms with van der Waals surface area (Å²) >= 11 is 0. The highest BCUT2D eigenvalue weighted by molar-refractivity contribution is 5.87. The van der Waals surface area contributed by atoms with Gasteiger partial charge < -0.3 is 0 Å². The Morgan fingerprint density at radius 2 is 1.77 bits per heavy atom. The lowest BCUT2D eigenvalue weighted by atomic mass is 10.1. The van der Waals surface area contributed by atoms with Crippen molar-refractivity contribution in [2.24, 2.45) is 0 Å². The average molecular weight is 342 g/mol. The zero-order chi connectivity index (χ0) is 18.1. The van der Waals surface area contributed by atoms with Crippen LogP contribution in [0.3, 0.4) is 0 Å². The molecule has 0 fully saturated rings. The SMILES string of the molecule is C=C(C)c1nn2ccccc2c1-c1ccc(=O)n(Cc2ccccc2)n1. The van der Waals surface area contributed by atoms with E-state index < -0.39 is 0 Å². The van der Waals surface area contributed by atoms with Crippen molar-refractivity contribution < 1.29 is 0 Å². The van der Waals surface area contributed by atoms with Gasteiger partial charge in [0.2, 0.25) is 0 Å². The van der Waals surface area contributed by atoms with E-state index >= 15 is 0 Å². The van der Waals surface area contributed by atoms with Crippen LogP contribution in [0.1, 0.15) is 18.2 Å². The van der Waals surface area contributed by atoms with Crippen molar-refractivity contribution in [2.45, 2.75) is 13.5 Å². The first-order valence-electron chi connectivity index (χ1n) is 8.39. The first-order valence-corrected chi connectivity index (χ1v) is 8.39. The largest absolute Gasteiger partial charge is 0.268 e. The zero-order valence-corrected chi connectivity index (χ0v) is 14.5. The van der Waals surface area contributed by atoms with E-state index in [-0.39, 0.29) is 5.56 Å². The van der Waals surface area contributed by atoms with Crippen LogP contribution in [0, 0.1) is 0 Å². The van der Waals surface area contributed by atoms with E-state index in [4.69, 9.17) is 0 Å². The van der Waals surface area contributed by atoms with Crippen molar-refractivity contribution in [1.82, 2.24) is 19.4 Å². The topological polar surface area (TPSA) is 52.2 Å². The van der Waals surface area contributed by atoms with Crippen LogP contribution in [0.25, 0.3) is 22.3 Å². The molecule has 26 heavy (non-hydrogen) atoms. The number of pyridine rings is 1. The minimum atomic E-state index is -0.133. The van der Waals surface area contributed by atoms with Gasteiger partial charge in [-0.25, -0.2) is 9.20 Å². The lowest BCUT2D eigenvalue weighted by Gasteiger charge is -2.08. The molecule has 4 aromatic rings. The van der Waals surface area contributed by atoms with Gasteiger partial charge in [-0.05, 0) is 36.3 Å². The molecule has 0 aliphatic rings. The van der Waals surface area contributed by atoms with E-state index in [1.807, 2.05) is 66.2 Å². The number of hydrogen-bond donors (Lipinski definition) is 0. The molecule has 128 valence electrons. The first kappa shape index (κ1) is 16.0. The van der Waals surface area contributed by atoms with Gasteiger partial charge in [0.1, 0.15) is 0 Å². The highest BCUT2D eigenvalue weighted by Gasteiger charge is 2.17. The van der Waals surface area contributed by atoms with E-state index in [1.165, 1.54) is 4.68 Å². The molecule has 0 bridgehead atoms. The number of aromatic nitrogens is 4. The van der Waals surface area contributed by atoms with Crippen LogP contribution in [0.5, 0.6) is 0 Å². The Hall–Kier alpha value is -3.47. The summed E-state index contributed by atoms with van der Waals surface area (Å²) in [6, 6.07) is 19.0. The second-order valence-electron chi connectivity index (χ2n) is 6.23. The summed E-state index contributed by atoms with van der Waals surface area (Å²) in [7, 11) is 0. The summed E-state index contributed by atoms with van der Waals surface area (Å²) in [5.41, 5.74) is 5.06. The lowest BCUT2D eigenvalue weighted by molar-refractivity contribution is 0.643. The van der Waals surface area contributed by atoms with Gasteiger partial charge in [-0.1, -0.05) is 43.0 Å². The number of fused-ring (bicyclic) bond motifs is 1. The Morgan fingerprint density at radius 1 is 1.00 bits per heavy atom. The average Bonchev–Trinajstić information content (AvgIpc) is 3.04. The van der Waals surface area contributed by atoms with Crippen molar-refractivity contribution in [1.29, 1.82) is 0 Å². The van der Waals surface area contributed by atoms with Crippen molar-refractivity contribution in [3.8, 4) is 11.3 Å². The maximum absolute atomic E-state index is 12.3. The van der Waals surface area contributed by atoms with Gasteiger partial charge in [0.05, 0.1) is 29.0 Å². The molecule has 4 rings (SSSR count). The number of benzene rings is 1. The van der Waals surface area contributed by atoms with Gasteiger partial charge in [-0.2, -0.15) is 10.2 Å². The van der Waals surface area contributed by atoms with Crippen molar-refractivity contribution >= 4 is 11.1 Å². The predicted octanol–water partition coefficient (Wildman–Crippen LogP) is 3.64.